The highest BCUT2D eigenvalue weighted by molar-refractivity contribution is 5.71. The number of hydrogen-bond acceptors (Lipinski definition) is 4. The molecule has 0 spiro atoms. The van der Waals surface area contributed by atoms with Crippen molar-refractivity contribution in [1.82, 2.24) is 0 Å². The third-order valence-electron chi connectivity index (χ3n) is 2.25. The fraction of sp³-hybridized carbons (Fsp3) is 0.333. The smallest absolute Gasteiger partial charge is 0.204 e. The van der Waals surface area contributed by atoms with Crippen molar-refractivity contribution in [3.63, 3.8) is 0 Å². The molecule has 0 amide bonds. The van der Waals surface area contributed by atoms with Gasteiger partial charge in [0.15, 0.2) is 11.5 Å². The van der Waals surface area contributed by atoms with Crippen LogP contribution in [0.4, 0.5) is 0 Å². The first kappa shape index (κ1) is 12.2. The van der Waals surface area contributed by atoms with E-state index in [2.05, 4.69) is 6.58 Å². The summed E-state index contributed by atoms with van der Waals surface area (Å²) in [5.74, 6) is 2.26. The summed E-state index contributed by atoms with van der Waals surface area (Å²) in [5, 5.41) is 0. The highest BCUT2D eigenvalue weighted by atomic mass is 16.5. The molecule has 0 heterocycles. The van der Waals surface area contributed by atoms with E-state index < -0.39 is 0 Å². The topological polar surface area (TPSA) is 36.9 Å². The molecule has 0 N–H and O–H groups in total. The van der Waals surface area contributed by atoms with Gasteiger partial charge in [-0.2, -0.15) is 0 Å². The van der Waals surface area contributed by atoms with Gasteiger partial charge in [-0.3, -0.25) is 0 Å². The summed E-state index contributed by atoms with van der Waals surface area (Å²) in [4.78, 5) is 0. The van der Waals surface area contributed by atoms with Gasteiger partial charge in [-0.25, -0.2) is 0 Å². The van der Waals surface area contributed by atoms with Gasteiger partial charge >= 0.3 is 0 Å². The Bertz CT molecular complexity index is 385. The van der Waals surface area contributed by atoms with Crippen LogP contribution in [0.1, 0.15) is 5.56 Å². The van der Waals surface area contributed by atoms with Crippen LogP contribution in [0.2, 0.25) is 0 Å². The largest absolute Gasteiger partial charge is 0.496 e. The SMILES string of the molecule is C=Cc1c(OC)cc(OC)c(OC)c1OC. The number of benzene rings is 1. The van der Waals surface area contributed by atoms with E-state index in [1.807, 2.05) is 0 Å². The summed E-state index contributed by atoms with van der Waals surface area (Å²) in [5.41, 5.74) is 0.739. The van der Waals surface area contributed by atoms with Gasteiger partial charge in [0.05, 0.1) is 34.0 Å². The molecule has 0 radical (unpaired) electrons. The lowest BCUT2D eigenvalue weighted by Gasteiger charge is -2.16. The molecule has 0 aromatic heterocycles. The molecule has 0 atom stereocenters. The molecule has 1 rings (SSSR count). The maximum absolute atomic E-state index is 5.29. The number of methoxy groups -OCH3 is 4. The van der Waals surface area contributed by atoms with E-state index in [0.717, 1.165) is 5.56 Å². The van der Waals surface area contributed by atoms with Crippen molar-refractivity contribution in [2.24, 2.45) is 0 Å². The Labute approximate surface area is 95.4 Å². The van der Waals surface area contributed by atoms with Gasteiger partial charge in [0.25, 0.3) is 0 Å². The third-order valence-corrected chi connectivity index (χ3v) is 2.25. The molecule has 88 valence electrons. The van der Waals surface area contributed by atoms with Crippen LogP contribution in [-0.4, -0.2) is 28.4 Å². The van der Waals surface area contributed by atoms with Crippen molar-refractivity contribution < 1.29 is 18.9 Å². The van der Waals surface area contributed by atoms with Crippen LogP contribution in [0.3, 0.4) is 0 Å². The van der Waals surface area contributed by atoms with Crippen LogP contribution in [0.25, 0.3) is 6.08 Å². The predicted molar refractivity (Wildman–Crippen MR) is 62.7 cm³/mol. The Kier molecular flexibility index (Phi) is 4.05. The lowest BCUT2D eigenvalue weighted by molar-refractivity contribution is 0.318. The van der Waals surface area contributed by atoms with E-state index in [1.54, 1.807) is 40.6 Å². The summed E-state index contributed by atoms with van der Waals surface area (Å²) in [6.45, 7) is 3.72. The Hall–Kier alpha value is -1.84. The normalized spacial score (nSPS) is 9.50. The van der Waals surface area contributed by atoms with Crippen LogP contribution in [-0.2, 0) is 0 Å². The lowest BCUT2D eigenvalue weighted by Crippen LogP contribution is -1.99. The number of hydrogen-bond donors (Lipinski definition) is 0. The average Bonchev–Trinajstić information content (AvgIpc) is 2.35. The Balaban J connectivity index is 3.54. The summed E-state index contributed by atoms with van der Waals surface area (Å²) < 4.78 is 21.0. The Morgan fingerprint density at radius 3 is 1.81 bits per heavy atom. The zero-order chi connectivity index (χ0) is 12.1. The molecule has 0 aliphatic heterocycles. The van der Waals surface area contributed by atoms with E-state index >= 15 is 0 Å². The quantitative estimate of drug-likeness (QED) is 0.769. The molecule has 0 bridgehead atoms. The number of ether oxygens (including phenoxy) is 4. The van der Waals surface area contributed by atoms with Crippen molar-refractivity contribution in [3.8, 4) is 23.0 Å². The molecular weight excluding hydrogens is 208 g/mol. The molecule has 16 heavy (non-hydrogen) atoms. The Morgan fingerprint density at radius 2 is 1.44 bits per heavy atom. The summed E-state index contributed by atoms with van der Waals surface area (Å²) in [6.07, 6.45) is 1.65. The molecule has 0 saturated heterocycles. The molecule has 0 fully saturated rings. The van der Waals surface area contributed by atoms with Gasteiger partial charge in [-0.05, 0) is 0 Å². The fourth-order valence-corrected chi connectivity index (χ4v) is 1.52. The van der Waals surface area contributed by atoms with Crippen LogP contribution in [0, 0.1) is 0 Å². The Morgan fingerprint density at radius 1 is 0.875 bits per heavy atom. The molecule has 4 nitrogen and oxygen atoms in total. The predicted octanol–water partition coefficient (Wildman–Crippen LogP) is 2.36. The van der Waals surface area contributed by atoms with Crippen LogP contribution < -0.4 is 18.9 Å². The first-order valence-corrected chi connectivity index (χ1v) is 4.72. The monoisotopic (exact) mass is 224 g/mol. The summed E-state index contributed by atoms with van der Waals surface area (Å²) >= 11 is 0. The maximum Gasteiger partial charge on any atom is 0.204 e. The minimum atomic E-state index is 0.528. The minimum Gasteiger partial charge on any atom is -0.496 e. The van der Waals surface area contributed by atoms with Crippen LogP contribution >= 0.6 is 0 Å². The van der Waals surface area contributed by atoms with Gasteiger partial charge in [0.2, 0.25) is 5.75 Å². The highest BCUT2D eigenvalue weighted by Crippen LogP contribution is 2.45. The first-order valence-electron chi connectivity index (χ1n) is 4.72. The van der Waals surface area contributed by atoms with Gasteiger partial charge in [0, 0.05) is 6.07 Å². The van der Waals surface area contributed by atoms with E-state index in [1.165, 1.54) is 0 Å². The van der Waals surface area contributed by atoms with Gasteiger partial charge in [-0.1, -0.05) is 12.7 Å². The highest BCUT2D eigenvalue weighted by Gasteiger charge is 2.19. The minimum absolute atomic E-state index is 0.528. The molecular formula is C12H16O4. The second-order valence-electron chi connectivity index (χ2n) is 2.97. The van der Waals surface area contributed by atoms with E-state index in [4.69, 9.17) is 18.9 Å². The fourth-order valence-electron chi connectivity index (χ4n) is 1.52. The molecule has 1 aromatic rings. The summed E-state index contributed by atoms with van der Waals surface area (Å²) in [7, 11) is 6.25. The van der Waals surface area contributed by atoms with Gasteiger partial charge in [-0.15, -0.1) is 0 Å². The lowest BCUT2D eigenvalue weighted by atomic mass is 10.1. The number of rotatable bonds is 5. The van der Waals surface area contributed by atoms with E-state index in [0.29, 0.717) is 23.0 Å². The second-order valence-corrected chi connectivity index (χ2v) is 2.97. The second kappa shape index (κ2) is 5.30. The maximum atomic E-state index is 5.29. The average molecular weight is 224 g/mol. The van der Waals surface area contributed by atoms with Crippen molar-refractivity contribution in [2.75, 3.05) is 28.4 Å². The zero-order valence-corrected chi connectivity index (χ0v) is 9.99. The summed E-state index contributed by atoms with van der Waals surface area (Å²) in [6, 6.07) is 1.73. The molecule has 0 unspecified atom stereocenters. The van der Waals surface area contributed by atoms with Crippen molar-refractivity contribution in [3.05, 3.63) is 18.2 Å². The van der Waals surface area contributed by atoms with E-state index in [9.17, 15) is 0 Å². The van der Waals surface area contributed by atoms with E-state index in [-0.39, 0.29) is 0 Å². The molecule has 0 saturated carbocycles. The molecule has 4 heteroatoms. The van der Waals surface area contributed by atoms with Crippen molar-refractivity contribution in [1.29, 1.82) is 0 Å². The standard InChI is InChI=1S/C12H16O4/c1-6-8-9(13-2)7-10(14-3)12(16-5)11(8)15-4/h6-7H,1H2,2-5H3. The molecule has 0 aliphatic rings. The van der Waals surface area contributed by atoms with Gasteiger partial charge in [0.1, 0.15) is 5.75 Å². The zero-order valence-electron chi connectivity index (χ0n) is 9.99. The van der Waals surface area contributed by atoms with Gasteiger partial charge < -0.3 is 18.9 Å². The first-order chi connectivity index (χ1) is 7.73. The molecule has 0 aliphatic carbocycles. The van der Waals surface area contributed by atoms with Crippen LogP contribution in [0.15, 0.2) is 12.6 Å². The van der Waals surface area contributed by atoms with Crippen molar-refractivity contribution >= 4 is 6.08 Å². The third kappa shape index (κ3) is 1.91. The molecule has 1 aromatic carbocycles. The van der Waals surface area contributed by atoms with Crippen LogP contribution in [0.5, 0.6) is 23.0 Å². The van der Waals surface area contributed by atoms with Crippen molar-refractivity contribution in [2.45, 2.75) is 0 Å².